The third-order valence-corrected chi connectivity index (χ3v) is 3.45. The van der Waals surface area contributed by atoms with E-state index in [1.165, 1.54) is 12.8 Å². The monoisotopic (exact) mass is 247 g/mol. The third kappa shape index (κ3) is 3.57. The number of hydrogen-bond donors (Lipinski definition) is 1. The molecule has 1 heterocycles. The van der Waals surface area contributed by atoms with Crippen LogP contribution in [0.5, 0.6) is 5.75 Å². The van der Waals surface area contributed by atoms with Crippen LogP contribution in [0.1, 0.15) is 36.5 Å². The average Bonchev–Trinajstić information content (AvgIpc) is 2.40. The summed E-state index contributed by atoms with van der Waals surface area (Å²) < 4.78 is 5.75. The fourth-order valence-corrected chi connectivity index (χ4v) is 2.39. The second-order valence-corrected chi connectivity index (χ2v) is 4.90. The molecule has 1 saturated heterocycles. The number of ketones is 1. The molecule has 1 aliphatic heterocycles. The molecule has 98 valence electrons. The molecule has 1 aromatic carbocycles. The summed E-state index contributed by atoms with van der Waals surface area (Å²) in [5, 5.41) is 3.40. The van der Waals surface area contributed by atoms with E-state index in [1.54, 1.807) is 6.92 Å². The Hall–Kier alpha value is -1.35. The molecule has 0 bridgehead atoms. The molecule has 3 nitrogen and oxygen atoms in total. The first-order chi connectivity index (χ1) is 8.77. The Kier molecular flexibility index (Phi) is 4.76. The van der Waals surface area contributed by atoms with Gasteiger partial charge in [-0.05, 0) is 57.3 Å². The van der Waals surface area contributed by atoms with Gasteiger partial charge in [0.2, 0.25) is 0 Å². The van der Waals surface area contributed by atoms with Crippen molar-refractivity contribution in [3.63, 3.8) is 0 Å². The van der Waals surface area contributed by atoms with E-state index in [2.05, 4.69) is 5.32 Å². The van der Waals surface area contributed by atoms with Gasteiger partial charge in [-0.3, -0.25) is 4.79 Å². The zero-order valence-corrected chi connectivity index (χ0v) is 10.9. The molecule has 1 unspecified atom stereocenters. The van der Waals surface area contributed by atoms with Gasteiger partial charge in [0.1, 0.15) is 5.75 Å². The molecule has 0 radical (unpaired) electrons. The quantitative estimate of drug-likeness (QED) is 0.813. The van der Waals surface area contributed by atoms with Gasteiger partial charge in [-0.2, -0.15) is 0 Å². The van der Waals surface area contributed by atoms with E-state index in [0.29, 0.717) is 23.8 Å². The number of Topliss-reactive ketones (excluding diaryl/α,β-unsaturated/α-hetero) is 1. The average molecular weight is 247 g/mol. The molecule has 0 aliphatic carbocycles. The molecule has 18 heavy (non-hydrogen) atoms. The number of para-hydroxylation sites is 1. The van der Waals surface area contributed by atoms with Crippen molar-refractivity contribution in [1.29, 1.82) is 0 Å². The third-order valence-electron chi connectivity index (χ3n) is 3.45. The topological polar surface area (TPSA) is 38.3 Å². The van der Waals surface area contributed by atoms with Crippen LogP contribution >= 0.6 is 0 Å². The van der Waals surface area contributed by atoms with E-state index in [0.717, 1.165) is 19.5 Å². The lowest BCUT2D eigenvalue weighted by atomic mass is 9.97. The summed E-state index contributed by atoms with van der Waals surface area (Å²) in [5.41, 5.74) is 0.680. The number of carbonyl (C=O) groups is 1. The zero-order valence-electron chi connectivity index (χ0n) is 10.9. The highest BCUT2D eigenvalue weighted by molar-refractivity contribution is 5.96. The standard InChI is InChI=1S/C15H21NO2/c1-12(17)14-6-2-3-7-15(14)18-10-8-13-5-4-9-16-11-13/h2-3,6-7,13,16H,4-5,8-11H2,1H3. The molecule has 1 aromatic rings. The summed E-state index contributed by atoms with van der Waals surface area (Å²) in [5.74, 6) is 1.49. The minimum atomic E-state index is 0.0601. The fraction of sp³-hybridized carbons (Fsp3) is 0.533. The first kappa shape index (κ1) is 13.1. The first-order valence-corrected chi connectivity index (χ1v) is 6.71. The van der Waals surface area contributed by atoms with Crippen molar-refractivity contribution in [1.82, 2.24) is 5.32 Å². The van der Waals surface area contributed by atoms with Gasteiger partial charge in [0, 0.05) is 0 Å². The normalized spacial score (nSPS) is 19.5. The molecular formula is C15H21NO2. The van der Waals surface area contributed by atoms with Crippen molar-refractivity contribution in [2.45, 2.75) is 26.2 Å². The summed E-state index contributed by atoms with van der Waals surface area (Å²) in [4.78, 5) is 11.4. The van der Waals surface area contributed by atoms with Gasteiger partial charge in [0.15, 0.2) is 5.78 Å². The van der Waals surface area contributed by atoms with Crippen LogP contribution in [0.2, 0.25) is 0 Å². The molecule has 1 N–H and O–H groups in total. The van der Waals surface area contributed by atoms with E-state index in [4.69, 9.17) is 4.74 Å². The molecule has 2 rings (SSSR count). The summed E-state index contributed by atoms with van der Waals surface area (Å²) in [7, 11) is 0. The molecule has 0 spiro atoms. The number of piperidine rings is 1. The Morgan fingerprint density at radius 1 is 1.44 bits per heavy atom. The van der Waals surface area contributed by atoms with Crippen molar-refractivity contribution in [2.24, 2.45) is 5.92 Å². The highest BCUT2D eigenvalue weighted by atomic mass is 16.5. The summed E-state index contributed by atoms with van der Waals surface area (Å²) >= 11 is 0. The minimum absolute atomic E-state index is 0.0601. The Labute approximate surface area is 109 Å². The lowest BCUT2D eigenvalue weighted by molar-refractivity contribution is 0.101. The SMILES string of the molecule is CC(=O)c1ccccc1OCCC1CCCNC1. The molecule has 3 heteroatoms. The zero-order chi connectivity index (χ0) is 12.8. The van der Waals surface area contributed by atoms with Crippen LogP contribution in [-0.4, -0.2) is 25.5 Å². The summed E-state index contributed by atoms with van der Waals surface area (Å²) in [6.45, 7) is 4.51. The van der Waals surface area contributed by atoms with Crippen LogP contribution in [0.4, 0.5) is 0 Å². The summed E-state index contributed by atoms with van der Waals surface area (Å²) in [6, 6.07) is 7.47. The van der Waals surface area contributed by atoms with Crippen LogP contribution in [0.3, 0.4) is 0 Å². The lowest BCUT2D eigenvalue weighted by Gasteiger charge is -2.22. The maximum Gasteiger partial charge on any atom is 0.163 e. The van der Waals surface area contributed by atoms with Gasteiger partial charge in [-0.25, -0.2) is 0 Å². The molecule has 1 aliphatic rings. The first-order valence-electron chi connectivity index (χ1n) is 6.71. The van der Waals surface area contributed by atoms with Crippen molar-refractivity contribution < 1.29 is 9.53 Å². The largest absolute Gasteiger partial charge is 0.493 e. The maximum absolute atomic E-state index is 11.4. The van der Waals surface area contributed by atoms with Crippen molar-refractivity contribution in [3.8, 4) is 5.75 Å². The smallest absolute Gasteiger partial charge is 0.163 e. The van der Waals surface area contributed by atoms with E-state index >= 15 is 0 Å². The van der Waals surface area contributed by atoms with E-state index in [-0.39, 0.29) is 5.78 Å². The van der Waals surface area contributed by atoms with Crippen LogP contribution in [0, 0.1) is 5.92 Å². The second kappa shape index (κ2) is 6.55. The van der Waals surface area contributed by atoms with Gasteiger partial charge >= 0.3 is 0 Å². The van der Waals surface area contributed by atoms with E-state index in [1.807, 2.05) is 24.3 Å². The van der Waals surface area contributed by atoms with Crippen LogP contribution in [0.15, 0.2) is 24.3 Å². The van der Waals surface area contributed by atoms with Crippen LogP contribution < -0.4 is 10.1 Å². The van der Waals surface area contributed by atoms with Crippen LogP contribution in [-0.2, 0) is 0 Å². The molecule has 1 fully saturated rings. The van der Waals surface area contributed by atoms with Crippen LogP contribution in [0.25, 0.3) is 0 Å². The highest BCUT2D eigenvalue weighted by Gasteiger charge is 2.13. The molecule has 0 amide bonds. The number of benzene rings is 1. The van der Waals surface area contributed by atoms with Gasteiger partial charge < -0.3 is 10.1 Å². The Bertz CT molecular complexity index is 397. The minimum Gasteiger partial charge on any atom is -0.493 e. The molecule has 0 aromatic heterocycles. The Balaban J connectivity index is 1.84. The van der Waals surface area contributed by atoms with Crippen molar-refractivity contribution in [3.05, 3.63) is 29.8 Å². The molecule has 1 atom stereocenters. The number of hydrogen-bond acceptors (Lipinski definition) is 3. The molecule has 0 saturated carbocycles. The molecular weight excluding hydrogens is 226 g/mol. The van der Waals surface area contributed by atoms with Gasteiger partial charge in [0.05, 0.1) is 12.2 Å². The number of ether oxygens (including phenoxy) is 1. The predicted molar refractivity (Wildman–Crippen MR) is 72.2 cm³/mol. The Morgan fingerprint density at radius 3 is 3.00 bits per heavy atom. The number of carbonyl (C=O) groups excluding carboxylic acids is 1. The number of nitrogens with one attached hydrogen (secondary N) is 1. The Morgan fingerprint density at radius 2 is 2.28 bits per heavy atom. The maximum atomic E-state index is 11.4. The van der Waals surface area contributed by atoms with Crippen molar-refractivity contribution >= 4 is 5.78 Å². The number of rotatable bonds is 5. The van der Waals surface area contributed by atoms with Gasteiger partial charge in [0.25, 0.3) is 0 Å². The van der Waals surface area contributed by atoms with E-state index in [9.17, 15) is 4.79 Å². The van der Waals surface area contributed by atoms with Crippen molar-refractivity contribution in [2.75, 3.05) is 19.7 Å². The lowest BCUT2D eigenvalue weighted by Crippen LogP contribution is -2.30. The second-order valence-electron chi connectivity index (χ2n) is 4.90. The fourth-order valence-electron chi connectivity index (χ4n) is 2.39. The van der Waals surface area contributed by atoms with E-state index < -0.39 is 0 Å². The summed E-state index contributed by atoms with van der Waals surface area (Å²) in [6.07, 6.45) is 3.60. The van der Waals surface area contributed by atoms with Gasteiger partial charge in [-0.1, -0.05) is 12.1 Å². The predicted octanol–water partition coefficient (Wildman–Crippen LogP) is 2.66. The highest BCUT2D eigenvalue weighted by Crippen LogP contribution is 2.20. The van der Waals surface area contributed by atoms with Gasteiger partial charge in [-0.15, -0.1) is 0 Å².